The Morgan fingerprint density at radius 1 is 1.21 bits per heavy atom. The monoisotopic (exact) mass is 262 g/mol. The summed E-state index contributed by atoms with van der Waals surface area (Å²) in [7, 11) is 0. The molecule has 7 heteroatoms. The summed E-state index contributed by atoms with van der Waals surface area (Å²) in [5.74, 6) is 0.861. The van der Waals surface area contributed by atoms with Crippen LogP contribution in [0.1, 0.15) is 17.3 Å². The van der Waals surface area contributed by atoms with Crippen molar-refractivity contribution in [2.75, 3.05) is 6.79 Å². The summed E-state index contributed by atoms with van der Waals surface area (Å²) < 4.78 is 15.7. The van der Waals surface area contributed by atoms with Gasteiger partial charge in [-0.15, -0.1) is 10.2 Å². The molecule has 2 heterocycles. The van der Waals surface area contributed by atoms with Crippen molar-refractivity contribution in [2.45, 2.75) is 12.8 Å². The minimum Gasteiger partial charge on any atom is -0.481 e. The minimum atomic E-state index is -1.00. The van der Waals surface area contributed by atoms with Gasteiger partial charge >= 0.3 is 5.97 Å². The number of hydrogen-bond donors (Lipinski definition) is 1. The van der Waals surface area contributed by atoms with Crippen LogP contribution in [0.4, 0.5) is 0 Å². The van der Waals surface area contributed by atoms with E-state index in [4.69, 9.17) is 19.0 Å². The summed E-state index contributed by atoms with van der Waals surface area (Å²) in [5.41, 5.74) is 0.926. The first-order valence-corrected chi connectivity index (χ1v) is 5.62. The highest BCUT2D eigenvalue weighted by atomic mass is 16.7. The normalized spacial score (nSPS) is 12.6. The van der Waals surface area contributed by atoms with Gasteiger partial charge in [-0.2, -0.15) is 0 Å². The van der Waals surface area contributed by atoms with Gasteiger partial charge in [-0.05, 0) is 17.7 Å². The van der Waals surface area contributed by atoms with Crippen LogP contribution < -0.4 is 9.47 Å². The Labute approximate surface area is 107 Å². The molecule has 0 bridgehead atoms. The first-order valence-electron chi connectivity index (χ1n) is 5.62. The van der Waals surface area contributed by atoms with Crippen LogP contribution in [-0.4, -0.2) is 28.1 Å². The molecule has 0 saturated carbocycles. The molecule has 7 nitrogen and oxygen atoms in total. The second kappa shape index (κ2) is 4.60. The van der Waals surface area contributed by atoms with Crippen LogP contribution in [-0.2, 0) is 17.6 Å². The van der Waals surface area contributed by atoms with Crippen LogP contribution in [0.5, 0.6) is 11.5 Å². The number of carbonyl (C=O) groups is 1. The second-order valence-electron chi connectivity index (χ2n) is 4.02. The molecule has 0 aliphatic carbocycles. The van der Waals surface area contributed by atoms with E-state index in [1.165, 1.54) is 0 Å². The molecular weight excluding hydrogens is 252 g/mol. The molecule has 1 aliphatic rings. The molecule has 0 spiro atoms. The van der Waals surface area contributed by atoms with Crippen molar-refractivity contribution in [3.8, 4) is 11.5 Å². The summed E-state index contributed by atoms with van der Waals surface area (Å²) in [6.07, 6.45) is 0.150. The third-order valence-electron chi connectivity index (χ3n) is 2.60. The molecule has 3 rings (SSSR count). The second-order valence-corrected chi connectivity index (χ2v) is 4.02. The van der Waals surface area contributed by atoms with Crippen LogP contribution in [0.3, 0.4) is 0 Å². The summed E-state index contributed by atoms with van der Waals surface area (Å²) in [6, 6.07) is 5.52. The molecule has 0 saturated heterocycles. The lowest BCUT2D eigenvalue weighted by atomic mass is 10.1. The van der Waals surface area contributed by atoms with E-state index in [0.29, 0.717) is 23.8 Å². The van der Waals surface area contributed by atoms with Crippen molar-refractivity contribution >= 4 is 5.97 Å². The fraction of sp³-hybridized carbons (Fsp3) is 0.250. The predicted octanol–water partition coefficient (Wildman–Crippen LogP) is 1.02. The van der Waals surface area contributed by atoms with Crippen LogP contribution in [0.15, 0.2) is 22.6 Å². The van der Waals surface area contributed by atoms with E-state index in [-0.39, 0.29) is 19.1 Å². The first kappa shape index (κ1) is 11.5. The lowest BCUT2D eigenvalue weighted by Crippen LogP contribution is -1.99. The van der Waals surface area contributed by atoms with E-state index in [9.17, 15) is 4.79 Å². The summed E-state index contributed by atoms with van der Waals surface area (Å²) in [5, 5.41) is 16.1. The van der Waals surface area contributed by atoms with Crippen molar-refractivity contribution < 1.29 is 23.8 Å². The number of carboxylic acids is 1. The Morgan fingerprint density at radius 3 is 2.84 bits per heavy atom. The number of carboxylic acid groups (broad SMARTS) is 1. The van der Waals surface area contributed by atoms with Crippen LogP contribution in [0.25, 0.3) is 0 Å². The smallest absolute Gasteiger partial charge is 0.312 e. The standard InChI is InChI=1S/C12H10N2O5/c15-12(16)5-11-14-13-10(19-11)4-7-1-2-8-9(3-7)18-6-17-8/h1-3H,4-6H2,(H,15,16). The zero-order valence-corrected chi connectivity index (χ0v) is 9.83. The molecule has 0 fully saturated rings. The van der Waals surface area contributed by atoms with E-state index in [2.05, 4.69) is 10.2 Å². The number of hydrogen-bond acceptors (Lipinski definition) is 6. The highest BCUT2D eigenvalue weighted by Crippen LogP contribution is 2.32. The van der Waals surface area contributed by atoms with Crippen molar-refractivity contribution in [3.05, 3.63) is 35.5 Å². The van der Waals surface area contributed by atoms with E-state index in [1.807, 2.05) is 18.2 Å². The first-order chi connectivity index (χ1) is 9.20. The van der Waals surface area contributed by atoms with Gasteiger partial charge in [0.25, 0.3) is 0 Å². The van der Waals surface area contributed by atoms with Gasteiger partial charge in [0, 0.05) is 0 Å². The highest BCUT2D eigenvalue weighted by Gasteiger charge is 2.15. The van der Waals surface area contributed by atoms with Crippen molar-refractivity contribution in [2.24, 2.45) is 0 Å². The Balaban J connectivity index is 1.74. The molecule has 0 unspecified atom stereocenters. The van der Waals surface area contributed by atoms with Gasteiger partial charge in [-0.3, -0.25) is 4.79 Å². The Hall–Kier alpha value is -2.57. The maximum Gasteiger partial charge on any atom is 0.312 e. The summed E-state index contributed by atoms with van der Waals surface area (Å²) >= 11 is 0. The van der Waals surface area contributed by atoms with Gasteiger partial charge in [0.1, 0.15) is 6.42 Å². The van der Waals surface area contributed by atoms with Crippen molar-refractivity contribution in [1.82, 2.24) is 10.2 Å². The van der Waals surface area contributed by atoms with Crippen molar-refractivity contribution in [3.63, 3.8) is 0 Å². The number of aromatic nitrogens is 2. The van der Waals surface area contributed by atoms with Gasteiger partial charge in [0.2, 0.25) is 18.6 Å². The van der Waals surface area contributed by atoms with Gasteiger partial charge in [0.15, 0.2) is 11.5 Å². The number of fused-ring (bicyclic) bond motifs is 1. The molecule has 1 N–H and O–H groups in total. The fourth-order valence-corrected chi connectivity index (χ4v) is 1.79. The van der Waals surface area contributed by atoms with Gasteiger partial charge in [0.05, 0.1) is 6.42 Å². The third kappa shape index (κ3) is 2.49. The maximum atomic E-state index is 10.5. The minimum absolute atomic E-state index is 0.100. The topological polar surface area (TPSA) is 94.7 Å². The Bertz CT molecular complexity index is 622. The van der Waals surface area contributed by atoms with Crippen LogP contribution in [0.2, 0.25) is 0 Å². The average molecular weight is 262 g/mol. The number of benzene rings is 1. The van der Waals surface area contributed by atoms with Gasteiger partial charge < -0.3 is 19.0 Å². The highest BCUT2D eigenvalue weighted by molar-refractivity contribution is 5.68. The summed E-state index contributed by atoms with van der Waals surface area (Å²) in [6.45, 7) is 0.224. The zero-order valence-electron chi connectivity index (χ0n) is 9.83. The van der Waals surface area contributed by atoms with Crippen LogP contribution in [0, 0.1) is 0 Å². The lowest BCUT2D eigenvalue weighted by Gasteiger charge is -1.99. The molecule has 0 atom stereocenters. The quantitative estimate of drug-likeness (QED) is 0.878. The van der Waals surface area contributed by atoms with Gasteiger partial charge in [-0.25, -0.2) is 0 Å². The van der Waals surface area contributed by atoms with Crippen LogP contribution >= 0.6 is 0 Å². The van der Waals surface area contributed by atoms with E-state index < -0.39 is 5.97 Å². The molecule has 19 heavy (non-hydrogen) atoms. The molecule has 2 aromatic rings. The molecule has 0 amide bonds. The maximum absolute atomic E-state index is 10.5. The fourth-order valence-electron chi connectivity index (χ4n) is 1.79. The number of aliphatic carboxylic acids is 1. The Kier molecular flexibility index (Phi) is 2.79. The Morgan fingerprint density at radius 2 is 2.00 bits per heavy atom. The lowest BCUT2D eigenvalue weighted by molar-refractivity contribution is -0.136. The number of ether oxygens (including phenoxy) is 2. The third-order valence-corrected chi connectivity index (χ3v) is 2.60. The molecule has 1 aromatic heterocycles. The zero-order chi connectivity index (χ0) is 13.2. The van der Waals surface area contributed by atoms with E-state index in [0.717, 1.165) is 5.56 Å². The molecule has 1 aromatic carbocycles. The summed E-state index contributed by atoms with van der Waals surface area (Å²) in [4.78, 5) is 10.5. The van der Waals surface area contributed by atoms with E-state index in [1.54, 1.807) is 0 Å². The average Bonchev–Trinajstić information content (AvgIpc) is 2.97. The van der Waals surface area contributed by atoms with Crippen molar-refractivity contribution in [1.29, 1.82) is 0 Å². The SMILES string of the molecule is O=C(O)Cc1nnc(Cc2ccc3c(c2)OCO3)o1. The van der Waals surface area contributed by atoms with E-state index >= 15 is 0 Å². The number of rotatable bonds is 4. The molecule has 98 valence electrons. The largest absolute Gasteiger partial charge is 0.481 e. The number of nitrogens with zero attached hydrogens (tertiary/aromatic N) is 2. The molecule has 0 radical (unpaired) electrons. The van der Waals surface area contributed by atoms with Gasteiger partial charge in [-0.1, -0.05) is 6.07 Å². The molecular formula is C12H10N2O5. The molecule has 1 aliphatic heterocycles. The predicted molar refractivity (Wildman–Crippen MR) is 61.0 cm³/mol.